The second-order valence-corrected chi connectivity index (χ2v) is 27.3. The molecule has 11 nitrogen and oxygen atoms in total. The van der Waals surface area contributed by atoms with Gasteiger partial charge in [0.25, 0.3) is 0 Å². The maximum Gasteiger partial charge on any atom is 0.171 e. The highest BCUT2D eigenvalue weighted by Crippen LogP contribution is 2.33. The molecule has 0 spiro atoms. The lowest BCUT2D eigenvalue weighted by molar-refractivity contribution is 0.0342. The second kappa shape index (κ2) is 15.8. The summed E-state index contributed by atoms with van der Waals surface area (Å²) in [4.78, 5) is 18.0. The van der Waals surface area contributed by atoms with E-state index in [1.54, 1.807) is 17.5 Å². The number of anilines is 2. The lowest BCUT2D eigenvalue weighted by Crippen LogP contribution is -2.35. The molecule has 4 aromatic heterocycles. The number of rotatable bonds is 16. The molecule has 0 amide bonds. The van der Waals surface area contributed by atoms with Crippen LogP contribution in [0.1, 0.15) is 5.56 Å². The van der Waals surface area contributed by atoms with E-state index in [1.807, 2.05) is 34.5 Å². The van der Waals surface area contributed by atoms with Gasteiger partial charge in [-0.3, -0.25) is 9.47 Å². The van der Waals surface area contributed by atoms with Gasteiger partial charge in [0, 0.05) is 55.2 Å². The quantitative estimate of drug-likeness (QED) is 0.0815. The fraction of sp³-hybridized carbons (Fsp3) is 0.486. The lowest BCUT2D eigenvalue weighted by Gasteiger charge is -2.26. The zero-order valence-electron chi connectivity index (χ0n) is 29.7. The zero-order valence-corrected chi connectivity index (χ0v) is 32.6. The third-order valence-electron chi connectivity index (χ3n) is 8.39. The van der Waals surface area contributed by atoms with Gasteiger partial charge in [-0.1, -0.05) is 51.4 Å². The Labute approximate surface area is 295 Å². The van der Waals surface area contributed by atoms with Crippen molar-refractivity contribution >= 4 is 50.0 Å². The Bertz CT molecular complexity index is 1810. The fourth-order valence-electron chi connectivity index (χ4n) is 5.51. The molecule has 262 valence electrons. The predicted octanol–water partition coefficient (Wildman–Crippen LogP) is 7.62. The van der Waals surface area contributed by atoms with Crippen molar-refractivity contribution < 1.29 is 14.2 Å². The number of benzene rings is 1. The van der Waals surface area contributed by atoms with Crippen LogP contribution in [0.2, 0.25) is 51.4 Å². The van der Waals surface area contributed by atoms with Crippen LogP contribution in [0.3, 0.4) is 0 Å². The molecule has 49 heavy (non-hydrogen) atoms. The van der Waals surface area contributed by atoms with Crippen molar-refractivity contribution in [1.82, 2.24) is 34.2 Å². The van der Waals surface area contributed by atoms with Crippen LogP contribution in [0.15, 0.2) is 54.2 Å². The van der Waals surface area contributed by atoms with Gasteiger partial charge in [-0.05, 0) is 47.3 Å². The summed E-state index contributed by atoms with van der Waals surface area (Å²) in [6.07, 6.45) is 3.77. The average Bonchev–Trinajstić information content (AvgIpc) is 3.81. The number of imidazole rings is 1. The second-order valence-electron chi connectivity index (χ2n) is 15.1. The van der Waals surface area contributed by atoms with Crippen molar-refractivity contribution in [2.45, 2.75) is 71.4 Å². The van der Waals surface area contributed by atoms with Gasteiger partial charge in [0.1, 0.15) is 19.3 Å². The van der Waals surface area contributed by atoms with Crippen molar-refractivity contribution in [2.75, 3.05) is 44.8 Å². The largest absolute Gasteiger partial charge is 0.379 e. The summed E-state index contributed by atoms with van der Waals surface area (Å²) in [5, 5.41) is 10.6. The predicted molar refractivity (Wildman–Crippen MR) is 204 cm³/mol. The van der Waals surface area contributed by atoms with E-state index in [1.165, 1.54) is 5.56 Å². The van der Waals surface area contributed by atoms with Crippen LogP contribution in [0.25, 0.3) is 33.3 Å². The van der Waals surface area contributed by atoms with E-state index in [0.29, 0.717) is 44.0 Å². The molecule has 0 unspecified atom stereocenters. The van der Waals surface area contributed by atoms with Gasteiger partial charge >= 0.3 is 0 Å². The summed E-state index contributed by atoms with van der Waals surface area (Å²) in [6, 6.07) is 14.7. The van der Waals surface area contributed by atoms with Crippen LogP contribution < -0.4 is 5.32 Å². The van der Waals surface area contributed by atoms with Crippen molar-refractivity contribution in [3.63, 3.8) is 0 Å². The van der Waals surface area contributed by atoms with Gasteiger partial charge < -0.3 is 19.5 Å². The van der Waals surface area contributed by atoms with Crippen molar-refractivity contribution in [2.24, 2.45) is 0 Å². The van der Waals surface area contributed by atoms with Crippen LogP contribution >= 0.6 is 11.3 Å². The Kier molecular flexibility index (Phi) is 11.4. The first-order valence-corrected chi connectivity index (χ1v) is 25.5. The lowest BCUT2D eigenvalue weighted by atomic mass is 10.2. The maximum absolute atomic E-state index is 6.35. The van der Waals surface area contributed by atoms with Crippen LogP contribution in [-0.2, 0) is 34.2 Å². The van der Waals surface area contributed by atoms with E-state index in [4.69, 9.17) is 29.3 Å². The first kappa shape index (κ1) is 35.6. The minimum Gasteiger partial charge on any atom is -0.379 e. The standard InChI is InChI=1S/C35H50N8O3SSi2/c1-48(2,3)20-17-45-25-42-24-29(37-32-11-12-36-34(39-32)31-8-7-19-47-31)33(40-42)35-38-28-22-27(23-41-13-15-44-16-14-41)9-10-30(28)43(35)26-46-18-21-49(4,5)6/h7-12,19,22,24H,13-18,20-21,23,25-26H2,1-6H3,(H,36,37,39). The number of aromatic nitrogens is 6. The average molecular weight is 719 g/mol. The normalized spacial score (nSPS) is 14.6. The van der Waals surface area contributed by atoms with E-state index in [9.17, 15) is 0 Å². The molecule has 14 heteroatoms. The number of hydrogen-bond acceptors (Lipinski definition) is 10. The van der Waals surface area contributed by atoms with E-state index in [2.05, 4.69) is 77.2 Å². The summed E-state index contributed by atoms with van der Waals surface area (Å²) in [6.45, 7) is 20.6. The van der Waals surface area contributed by atoms with E-state index >= 15 is 0 Å². The topological polar surface area (TPSA) is 104 Å². The number of nitrogens with zero attached hydrogens (tertiary/aromatic N) is 7. The number of hydrogen-bond donors (Lipinski definition) is 1. The Morgan fingerprint density at radius 2 is 1.67 bits per heavy atom. The van der Waals surface area contributed by atoms with Gasteiger partial charge in [-0.2, -0.15) is 5.10 Å². The van der Waals surface area contributed by atoms with Crippen LogP contribution in [0.4, 0.5) is 11.5 Å². The van der Waals surface area contributed by atoms with Crippen LogP contribution in [0, 0.1) is 0 Å². The molecule has 5 aromatic rings. The Hall–Kier alpha value is -3.25. The molecule has 5 heterocycles. The molecular weight excluding hydrogens is 669 g/mol. The summed E-state index contributed by atoms with van der Waals surface area (Å²) < 4.78 is 22.1. The Balaban J connectivity index is 1.35. The van der Waals surface area contributed by atoms with Gasteiger partial charge in [0.15, 0.2) is 17.3 Å². The molecule has 6 rings (SSSR count). The number of fused-ring (bicyclic) bond motifs is 1. The molecule has 0 aliphatic carbocycles. The molecule has 0 bridgehead atoms. The van der Waals surface area contributed by atoms with Crippen molar-refractivity contribution in [1.29, 1.82) is 0 Å². The molecule has 1 aromatic carbocycles. The minimum atomic E-state index is -1.25. The highest BCUT2D eigenvalue weighted by molar-refractivity contribution is 7.13. The van der Waals surface area contributed by atoms with Crippen LogP contribution in [0.5, 0.6) is 0 Å². The maximum atomic E-state index is 6.35. The summed E-state index contributed by atoms with van der Waals surface area (Å²) in [5.74, 6) is 2.10. The smallest absolute Gasteiger partial charge is 0.171 e. The molecule has 0 atom stereocenters. The summed E-state index contributed by atoms with van der Waals surface area (Å²) in [7, 11) is -2.47. The van der Waals surface area contributed by atoms with E-state index in [-0.39, 0.29) is 0 Å². The van der Waals surface area contributed by atoms with Crippen molar-refractivity contribution in [3.05, 3.63) is 59.7 Å². The molecule has 0 radical (unpaired) electrons. The molecular formula is C35H50N8O3SSi2. The third-order valence-corrected chi connectivity index (χ3v) is 12.7. The minimum absolute atomic E-state index is 0.347. The van der Waals surface area contributed by atoms with Gasteiger partial charge in [0.2, 0.25) is 0 Å². The first-order valence-electron chi connectivity index (χ1n) is 17.2. The van der Waals surface area contributed by atoms with E-state index < -0.39 is 16.1 Å². The Morgan fingerprint density at radius 1 is 0.918 bits per heavy atom. The summed E-state index contributed by atoms with van der Waals surface area (Å²) >= 11 is 1.62. The highest BCUT2D eigenvalue weighted by atomic mass is 32.1. The van der Waals surface area contributed by atoms with Crippen molar-refractivity contribution in [3.8, 4) is 22.2 Å². The molecule has 1 N–H and O–H groups in total. The first-order chi connectivity index (χ1) is 23.5. The highest BCUT2D eigenvalue weighted by Gasteiger charge is 2.22. The van der Waals surface area contributed by atoms with Gasteiger partial charge in [-0.25, -0.2) is 19.6 Å². The number of nitrogens with one attached hydrogen (secondary N) is 1. The zero-order chi connectivity index (χ0) is 34.4. The molecule has 1 fully saturated rings. The van der Waals surface area contributed by atoms with E-state index in [0.717, 1.165) is 72.4 Å². The number of thiophene rings is 1. The fourth-order valence-corrected chi connectivity index (χ4v) is 7.69. The molecule has 0 saturated carbocycles. The van der Waals surface area contributed by atoms with Gasteiger partial charge in [0.05, 0.1) is 41.0 Å². The molecule has 1 aliphatic rings. The number of morpholine rings is 1. The molecule has 1 aliphatic heterocycles. The van der Waals surface area contributed by atoms with Gasteiger partial charge in [-0.15, -0.1) is 11.3 Å². The number of ether oxygens (including phenoxy) is 3. The Morgan fingerprint density at radius 3 is 2.39 bits per heavy atom. The molecule has 1 saturated heterocycles. The van der Waals surface area contributed by atoms with Crippen LogP contribution in [-0.4, -0.2) is 89.9 Å². The monoisotopic (exact) mass is 718 g/mol. The SMILES string of the molecule is C[Si](C)(C)CCOCn1cc(Nc2ccnc(-c3cccs3)n2)c(-c2nc3cc(CN4CCOCC4)ccc3n2COCC[Si](C)(C)C)n1. The summed E-state index contributed by atoms with van der Waals surface area (Å²) in [5.41, 5.74) is 4.67. The third kappa shape index (κ3) is 9.93.